The lowest BCUT2D eigenvalue weighted by Crippen LogP contribution is -2.48. The van der Waals surface area contributed by atoms with Gasteiger partial charge in [-0.25, -0.2) is 9.69 Å². The lowest BCUT2D eigenvalue weighted by Gasteiger charge is -2.36. The van der Waals surface area contributed by atoms with Crippen molar-refractivity contribution in [3.05, 3.63) is 106 Å². The molecule has 10 nitrogen and oxygen atoms in total. The van der Waals surface area contributed by atoms with E-state index in [1.54, 1.807) is 0 Å². The second-order valence-corrected chi connectivity index (χ2v) is 10.5. The van der Waals surface area contributed by atoms with Gasteiger partial charge in [0.15, 0.2) is 5.78 Å². The van der Waals surface area contributed by atoms with Crippen LogP contribution in [0.15, 0.2) is 78.9 Å². The molecule has 3 heterocycles. The molecule has 3 aromatic rings. The van der Waals surface area contributed by atoms with Gasteiger partial charge in [-0.2, -0.15) is 0 Å². The van der Waals surface area contributed by atoms with Gasteiger partial charge in [-0.05, 0) is 42.3 Å². The van der Waals surface area contributed by atoms with E-state index in [0.717, 1.165) is 23.3 Å². The summed E-state index contributed by atoms with van der Waals surface area (Å²) in [5, 5.41) is 11.4. The fourth-order valence-corrected chi connectivity index (χ4v) is 6.15. The van der Waals surface area contributed by atoms with Crippen LogP contribution in [0.1, 0.15) is 46.0 Å². The number of rotatable bonds is 8. The number of anilines is 2. The molecule has 3 aliphatic rings. The van der Waals surface area contributed by atoms with Crippen LogP contribution in [-0.2, 0) is 14.3 Å². The molecule has 2 saturated heterocycles. The van der Waals surface area contributed by atoms with Crippen molar-refractivity contribution in [2.24, 2.45) is 11.8 Å². The van der Waals surface area contributed by atoms with Crippen LogP contribution >= 0.6 is 0 Å². The third-order valence-corrected chi connectivity index (χ3v) is 8.12. The van der Waals surface area contributed by atoms with E-state index in [1.807, 2.05) is 48.2 Å². The van der Waals surface area contributed by atoms with Gasteiger partial charge in [-0.3, -0.25) is 24.5 Å². The topological polar surface area (TPSA) is 127 Å². The number of nitrogens with zero attached hydrogens (tertiary/aromatic N) is 3. The largest absolute Gasteiger partial charge is 0.462 e. The molecule has 0 radical (unpaired) electrons. The number of non-ortho nitro benzene ring substituents is 1. The van der Waals surface area contributed by atoms with Gasteiger partial charge in [-0.15, -0.1) is 0 Å². The molecule has 4 atom stereocenters. The summed E-state index contributed by atoms with van der Waals surface area (Å²) in [5.41, 5.74) is 1.98. The normalized spacial score (nSPS) is 22.0. The summed E-state index contributed by atoms with van der Waals surface area (Å²) in [7, 11) is 0. The number of esters is 1. The minimum absolute atomic E-state index is 0.0882. The van der Waals surface area contributed by atoms with Crippen LogP contribution in [0.25, 0.3) is 6.08 Å². The molecule has 0 spiro atoms. The number of fused-ring (bicyclic) bond motifs is 5. The van der Waals surface area contributed by atoms with Crippen molar-refractivity contribution in [3.8, 4) is 0 Å². The predicted molar refractivity (Wildman–Crippen MR) is 154 cm³/mol. The zero-order chi connectivity index (χ0) is 29.5. The third-order valence-electron chi connectivity index (χ3n) is 8.12. The monoisotopic (exact) mass is 565 g/mol. The third kappa shape index (κ3) is 4.36. The SMILES string of the molecule is CCCCOC(=O)c1ccc(N2C(=O)[C@@H]3[C@H](C2=O)[C@@H]2C=Cc4ccccc4N2[C@@H]3C(=O)c2cccc([N+](=O)[O-])c2)cc1. The molecule has 0 aromatic heterocycles. The highest BCUT2D eigenvalue weighted by atomic mass is 16.6. The van der Waals surface area contributed by atoms with Crippen LogP contribution in [0.5, 0.6) is 0 Å². The van der Waals surface area contributed by atoms with Crippen molar-refractivity contribution in [2.75, 3.05) is 16.4 Å². The van der Waals surface area contributed by atoms with Gasteiger partial charge in [0.1, 0.15) is 6.04 Å². The first kappa shape index (κ1) is 27.1. The highest BCUT2D eigenvalue weighted by molar-refractivity contribution is 6.25. The Bertz CT molecular complexity index is 1650. The number of carbonyl (C=O) groups is 4. The molecule has 2 fully saturated rings. The molecule has 212 valence electrons. The van der Waals surface area contributed by atoms with Crippen LogP contribution in [0.3, 0.4) is 0 Å². The van der Waals surface area contributed by atoms with Crippen LogP contribution in [-0.4, -0.2) is 47.2 Å². The molecule has 42 heavy (non-hydrogen) atoms. The van der Waals surface area contributed by atoms with E-state index in [2.05, 4.69) is 0 Å². The summed E-state index contributed by atoms with van der Waals surface area (Å²) in [6.07, 6.45) is 5.35. The van der Waals surface area contributed by atoms with Gasteiger partial charge < -0.3 is 9.64 Å². The number of unbranched alkanes of at least 4 members (excludes halogenated alkanes) is 1. The molecule has 2 amide bonds. The number of ether oxygens (including phenoxy) is 1. The fraction of sp³-hybridized carbons (Fsp3) is 0.250. The number of ketones is 1. The summed E-state index contributed by atoms with van der Waals surface area (Å²) in [4.78, 5) is 68.3. The quantitative estimate of drug-likeness (QED) is 0.0950. The molecule has 3 aromatic carbocycles. The lowest BCUT2D eigenvalue weighted by molar-refractivity contribution is -0.384. The summed E-state index contributed by atoms with van der Waals surface area (Å²) >= 11 is 0. The van der Waals surface area contributed by atoms with Gasteiger partial charge in [-0.1, -0.05) is 55.8 Å². The minimum atomic E-state index is -1.07. The van der Waals surface area contributed by atoms with E-state index in [4.69, 9.17) is 4.74 Å². The average molecular weight is 566 g/mol. The lowest BCUT2D eigenvalue weighted by atomic mass is 9.86. The number of amides is 2. The number of nitro benzene ring substituents is 1. The molecular weight excluding hydrogens is 538 g/mol. The van der Waals surface area contributed by atoms with Crippen LogP contribution < -0.4 is 9.80 Å². The molecule has 0 N–H and O–H groups in total. The van der Waals surface area contributed by atoms with Gasteiger partial charge >= 0.3 is 5.97 Å². The zero-order valence-corrected chi connectivity index (χ0v) is 22.7. The van der Waals surface area contributed by atoms with Crippen molar-refractivity contribution in [3.63, 3.8) is 0 Å². The Labute approximate surface area is 241 Å². The number of Topliss-reactive ketones (excluding diaryl/α,β-unsaturated/α-hetero) is 1. The Balaban J connectivity index is 1.37. The van der Waals surface area contributed by atoms with Gasteiger partial charge in [0.25, 0.3) is 5.69 Å². The Morgan fingerprint density at radius 1 is 0.929 bits per heavy atom. The Kier molecular flexibility index (Phi) is 6.89. The number of imide groups is 1. The molecule has 0 saturated carbocycles. The summed E-state index contributed by atoms with van der Waals surface area (Å²) < 4.78 is 5.25. The predicted octanol–water partition coefficient (Wildman–Crippen LogP) is 4.82. The number of benzene rings is 3. The standard InChI is InChI=1S/C32H27N3O7/c1-2-3-17-42-32(39)20-11-14-22(15-12-20)33-30(37)26-25-16-13-19-7-4-5-10-24(19)34(25)28(27(26)31(33)38)29(36)21-8-6-9-23(18-21)35(40)41/h4-16,18,25-28H,2-3,17H2,1H3/t25-,26+,27+,28-/m0/s1. The first-order chi connectivity index (χ1) is 20.3. The molecule has 0 unspecified atom stereocenters. The number of para-hydroxylation sites is 1. The van der Waals surface area contributed by atoms with Crippen LogP contribution in [0.2, 0.25) is 0 Å². The van der Waals surface area contributed by atoms with Crippen molar-refractivity contribution in [1.82, 2.24) is 0 Å². The number of carbonyl (C=O) groups excluding carboxylic acids is 4. The van der Waals surface area contributed by atoms with E-state index in [0.29, 0.717) is 17.9 Å². The van der Waals surface area contributed by atoms with Gasteiger partial charge in [0.2, 0.25) is 11.8 Å². The van der Waals surface area contributed by atoms with Crippen molar-refractivity contribution in [2.45, 2.75) is 31.8 Å². The number of nitro groups is 1. The highest BCUT2D eigenvalue weighted by Gasteiger charge is 2.64. The summed E-state index contributed by atoms with van der Waals surface area (Å²) in [6, 6.07) is 17.2. The second kappa shape index (κ2) is 10.7. The Morgan fingerprint density at radius 3 is 2.40 bits per heavy atom. The van der Waals surface area contributed by atoms with Crippen molar-refractivity contribution >= 4 is 46.7 Å². The first-order valence-electron chi connectivity index (χ1n) is 13.8. The van der Waals surface area contributed by atoms with E-state index in [1.165, 1.54) is 48.5 Å². The smallest absolute Gasteiger partial charge is 0.338 e. The first-order valence-corrected chi connectivity index (χ1v) is 13.8. The van der Waals surface area contributed by atoms with E-state index in [9.17, 15) is 29.3 Å². The average Bonchev–Trinajstić information content (AvgIpc) is 3.49. The summed E-state index contributed by atoms with van der Waals surface area (Å²) in [6.45, 7) is 2.29. The molecule has 3 aliphatic heterocycles. The highest BCUT2D eigenvalue weighted by Crippen LogP contribution is 2.49. The maximum absolute atomic E-state index is 14.1. The van der Waals surface area contributed by atoms with Crippen LogP contribution in [0, 0.1) is 22.0 Å². The molecule has 6 rings (SSSR count). The second-order valence-electron chi connectivity index (χ2n) is 10.5. The van der Waals surface area contributed by atoms with Gasteiger partial charge in [0, 0.05) is 23.4 Å². The molecule has 10 heteroatoms. The Hall–Kier alpha value is -5.12. The van der Waals surface area contributed by atoms with Gasteiger partial charge in [0.05, 0.1) is 40.7 Å². The van der Waals surface area contributed by atoms with Crippen molar-refractivity contribution in [1.29, 1.82) is 0 Å². The van der Waals surface area contributed by atoms with E-state index >= 15 is 0 Å². The number of hydrogen-bond acceptors (Lipinski definition) is 8. The maximum atomic E-state index is 14.1. The van der Waals surface area contributed by atoms with Crippen molar-refractivity contribution < 1.29 is 28.8 Å². The molecule has 0 bridgehead atoms. The van der Waals surface area contributed by atoms with E-state index in [-0.39, 0.29) is 16.9 Å². The maximum Gasteiger partial charge on any atom is 0.338 e. The van der Waals surface area contributed by atoms with E-state index < -0.39 is 52.4 Å². The molecular formula is C32H27N3O7. The summed E-state index contributed by atoms with van der Waals surface area (Å²) in [5.74, 6) is -3.83. The fourth-order valence-electron chi connectivity index (χ4n) is 6.15. The Morgan fingerprint density at radius 2 is 1.67 bits per heavy atom. The minimum Gasteiger partial charge on any atom is -0.462 e. The number of hydrogen-bond donors (Lipinski definition) is 0. The van der Waals surface area contributed by atoms with Crippen LogP contribution in [0.4, 0.5) is 17.1 Å². The zero-order valence-electron chi connectivity index (χ0n) is 22.7. The molecule has 0 aliphatic carbocycles.